The molecule has 0 aliphatic heterocycles. The third kappa shape index (κ3) is 4.77. The Morgan fingerprint density at radius 3 is 2.28 bits per heavy atom. The smallest absolute Gasteiger partial charge is 0.220 e. The van der Waals surface area contributed by atoms with Gasteiger partial charge in [0.25, 0.3) is 0 Å². The number of hydrogen-bond donors (Lipinski definition) is 2. The van der Waals surface area contributed by atoms with Crippen molar-refractivity contribution in [3.63, 3.8) is 0 Å². The molecule has 0 spiro atoms. The molecule has 2 fully saturated rings. The summed E-state index contributed by atoms with van der Waals surface area (Å²) in [6, 6.07) is 0.692. The van der Waals surface area contributed by atoms with Gasteiger partial charge in [-0.15, -0.1) is 12.4 Å². The molecule has 1 amide bonds. The molecule has 4 heteroatoms. The SMILES string of the molecule is Cl.NC1CCCCC1CC(=O)NC1CCCCC1. The summed E-state index contributed by atoms with van der Waals surface area (Å²) in [6.07, 6.45) is 11.6. The van der Waals surface area contributed by atoms with Gasteiger partial charge in [0.2, 0.25) is 5.91 Å². The summed E-state index contributed by atoms with van der Waals surface area (Å²) in [5, 5.41) is 3.19. The maximum absolute atomic E-state index is 12.0. The maximum atomic E-state index is 12.0. The van der Waals surface area contributed by atoms with Gasteiger partial charge in [-0.25, -0.2) is 0 Å². The number of nitrogens with two attached hydrogens (primary N) is 1. The lowest BCUT2D eigenvalue weighted by Gasteiger charge is -2.29. The summed E-state index contributed by atoms with van der Waals surface area (Å²) >= 11 is 0. The molecule has 3 N–H and O–H groups in total. The van der Waals surface area contributed by atoms with E-state index in [9.17, 15) is 4.79 Å². The predicted molar refractivity (Wildman–Crippen MR) is 76.8 cm³/mol. The van der Waals surface area contributed by atoms with Gasteiger partial charge in [0.1, 0.15) is 0 Å². The van der Waals surface area contributed by atoms with Gasteiger partial charge in [0.05, 0.1) is 0 Å². The first kappa shape index (κ1) is 15.8. The van der Waals surface area contributed by atoms with E-state index in [1.165, 1.54) is 44.9 Å². The Morgan fingerprint density at radius 2 is 1.61 bits per heavy atom. The lowest BCUT2D eigenvalue weighted by atomic mass is 9.82. The highest BCUT2D eigenvalue weighted by molar-refractivity contribution is 5.85. The molecule has 2 saturated carbocycles. The van der Waals surface area contributed by atoms with Gasteiger partial charge in [-0.1, -0.05) is 32.1 Å². The molecule has 3 nitrogen and oxygen atoms in total. The molecule has 18 heavy (non-hydrogen) atoms. The predicted octanol–water partition coefficient (Wildman–Crippen LogP) is 2.76. The minimum atomic E-state index is 0. The first-order valence-electron chi connectivity index (χ1n) is 7.30. The number of rotatable bonds is 3. The summed E-state index contributed by atoms with van der Waals surface area (Å²) in [5.74, 6) is 0.659. The van der Waals surface area contributed by atoms with Crippen LogP contribution in [0.25, 0.3) is 0 Å². The topological polar surface area (TPSA) is 55.1 Å². The molecular formula is C14H27ClN2O. The molecule has 0 radical (unpaired) electrons. The van der Waals surface area contributed by atoms with E-state index in [0.717, 1.165) is 12.8 Å². The van der Waals surface area contributed by atoms with Crippen molar-refractivity contribution >= 4 is 18.3 Å². The molecule has 0 aromatic heterocycles. The molecule has 2 aliphatic carbocycles. The summed E-state index contributed by atoms with van der Waals surface area (Å²) < 4.78 is 0. The molecule has 2 unspecified atom stereocenters. The van der Waals surface area contributed by atoms with Gasteiger partial charge >= 0.3 is 0 Å². The summed E-state index contributed by atoms with van der Waals surface area (Å²) in [6.45, 7) is 0. The molecule has 0 bridgehead atoms. The van der Waals surface area contributed by atoms with Crippen molar-refractivity contribution in [1.29, 1.82) is 0 Å². The number of amides is 1. The van der Waals surface area contributed by atoms with E-state index in [0.29, 0.717) is 18.4 Å². The third-order valence-electron chi connectivity index (χ3n) is 4.39. The van der Waals surface area contributed by atoms with Crippen molar-refractivity contribution in [2.24, 2.45) is 11.7 Å². The van der Waals surface area contributed by atoms with Crippen LogP contribution in [0.1, 0.15) is 64.2 Å². The molecule has 0 saturated heterocycles. The van der Waals surface area contributed by atoms with Crippen LogP contribution in [-0.4, -0.2) is 18.0 Å². The first-order chi connectivity index (χ1) is 8.25. The van der Waals surface area contributed by atoms with Gasteiger partial charge < -0.3 is 11.1 Å². The number of halogens is 1. The number of hydrogen-bond acceptors (Lipinski definition) is 2. The fourth-order valence-electron chi connectivity index (χ4n) is 3.26. The molecule has 2 rings (SSSR count). The average molecular weight is 275 g/mol. The molecule has 106 valence electrons. The molecule has 2 atom stereocenters. The molecule has 0 aromatic carbocycles. The second-order valence-electron chi connectivity index (χ2n) is 5.81. The van der Waals surface area contributed by atoms with Crippen LogP contribution < -0.4 is 11.1 Å². The Balaban J connectivity index is 0.00000162. The van der Waals surface area contributed by atoms with Crippen LogP contribution in [0.5, 0.6) is 0 Å². The fraction of sp³-hybridized carbons (Fsp3) is 0.929. The van der Waals surface area contributed by atoms with E-state index < -0.39 is 0 Å². The normalized spacial score (nSPS) is 29.4. The van der Waals surface area contributed by atoms with Crippen molar-refractivity contribution < 1.29 is 4.79 Å². The van der Waals surface area contributed by atoms with Crippen molar-refractivity contribution in [2.45, 2.75) is 76.3 Å². The largest absolute Gasteiger partial charge is 0.353 e. The van der Waals surface area contributed by atoms with E-state index >= 15 is 0 Å². The van der Waals surface area contributed by atoms with Crippen LogP contribution in [0, 0.1) is 5.92 Å². The van der Waals surface area contributed by atoms with Crippen LogP contribution in [0.4, 0.5) is 0 Å². The second-order valence-corrected chi connectivity index (χ2v) is 5.81. The Bertz CT molecular complexity index is 254. The maximum Gasteiger partial charge on any atom is 0.220 e. The lowest BCUT2D eigenvalue weighted by Crippen LogP contribution is -2.40. The zero-order valence-electron chi connectivity index (χ0n) is 11.2. The first-order valence-corrected chi connectivity index (χ1v) is 7.30. The Morgan fingerprint density at radius 1 is 1.00 bits per heavy atom. The lowest BCUT2D eigenvalue weighted by molar-refractivity contribution is -0.123. The van der Waals surface area contributed by atoms with E-state index in [4.69, 9.17) is 5.73 Å². The summed E-state index contributed by atoms with van der Waals surface area (Å²) in [7, 11) is 0. The number of nitrogens with one attached hydrogen (secondary N) is 1. The summed E-state index contributed by atoms with van der Waals surface area (Å²) in [4.78, 5) is 12.0. The highest BCUT2D eigenvalue weighted by Crippen LogP contribution is 2.26. The molecule has 0 heterocycles. The van der Waals surface area contributed by atoms with Crippen LogP contribution >= 0.6 is 12.4 Å². The molecular weight excluding hydrogens is 248 g/mol. The molecule has 0 aromatic rings. The van der Waals surface area contributed by atoms with E-state index in [1.807, 2.05) is 0 Å². The van der Waals surface area contributed by atoms with Gasteiger partial charge in [-0.2, -0.15) is 0 Å². The highest BCUT2D eigenvalue weighted by atomic mass is 35.5. The number of carbonyl (C=O) groups is 1. The highest BCUT2D eigenvalue weighted by Gasteiger charge is 2.25. The Hall–Kier alpha value is -0.280. The van der Waals surface area contributed by atoms with Crippen LogP contribution in [-0.2, 0) is 4.79 Å². The van der Waals surface area contributed by atoms with Gasteiger partial charge in [-0.05, 0) is 31.6 Å². The van der Waals surface area contributed by atoms with Gasteiger partial charge in [0.15, 0.2) is 0 Å². The minimum absolute atomic E-state index is 0. The van der Waals surface area contributed by atoms with Gasteiger partial charge in [-0.3, -0.25) is 4.79 Å². The molecule has 2 aliphatic rings. The van der Waals surface area contributed by atoms with Crippen LogP contribution in [0.3, 0.4) is 0 Å². The summed E-state index contributed by atoms with van der Waals surface area (Å²) in [5.41, 5.74) is 6.08. The van der Waals surface area contributed by atoms with Crippen molar-refractivity contribution in [3.05, 3.63) is 0 Å². The quantitative estimate of drug-likeness (QED) is 0.831. The average Bonchev–Trinajstić information content (AvgIpc) is 2.33. The van der Waals surface area contributed by atoms with Crippen molar-refractivity contribution in [1.82, 2.24) is 5.32 Å². The Kier molecular flexibility index (Phi) is 7.02. The zero-order chi connectivity index (χ0) is 12.1. The Labute approximate surface area is 117 Å². The van der Waals surface area contributed by atoms with Gasteiger partial charge in [0, 0.05) is 18.5 Å². The van der Waals surface area contributed by atoms with Crippen LogP contribution in [0.2, 0.25) is 0 Å². The van der Waals surface area contributed by atoms with Crippen molar-refractivity contribution in [3.8, 4) is 0 Å². The van der Waals surface area contributed by atoms with Crippen LogP contribution in [0.15, 0.2) is 0 Å². The standard InChI is InChI=1S/C14H26N2O.ClH/c15-13-9-5-4-6-11(13)10-14(17)16-12-7-2-1-3-8-12;/h11-13H,1-10,15H2,(H,16,17);1H. The number of carbonyl (C=O) groups excluding carboxylic acids is 1. The van der Waals surface area contributed by atoms with E-state index in [-0.39, 0.29) is 24.4 Å². The zero-order valence-corrected chi connectivity index (χ0v) is 12.0. The third-order valence-corrected chi connectivity index (χ3v) is 4.39. The second kappa shape index (κ2) is 8.00. The fourth-order valence-corrected chi connectivity index (χ4v) is 3.26. The van der Waals surface area contributed by atoms with E-state index in [2.05, 4.69) is 5.32 Å². The monoisotopic (exact) mass is 274 g/mol. The van der Waals surface area contributed by atoms with Crippen molar-refractivity contribution in [2.75, 3.05) is 0 Å². The van der Waals surface area contributed by atoms with E-state index in [1.54, 1.807) is 0 Å². The minimum Gasteiger partial charge on any atom is -0.353 e.